The van der Waals surface area contributed by atoms with Crippen LogP contribution in [0.5, 0.6) is 11.5 Å². The number of benzene rings is 3. The van der Waals surface area contributed by atoms with E-state index in [1.54, 1.807) is 31.3 Å². The number of aliphatic hydroxyl groups excluding tert-OH is 2. The van der Waals surface area contributed by atoms with Gasteiger partial charge in [0.1, 0.15) is 30.8 Å². The lowest BCUT2D eigenvalue weighted by molar-refractivity contribution is 0.103. The number of hydrogen-bond acceptors (Lipinski definition) is 11. The fraction of sp³-hybridized carbons (Fsp3) is 0.415. The Kier molecular flexibility index (Phi) is 14.1. The number of nitrogens with one attached hydrogen (secondary N) is 1. The third kappa shape index (κ3) is 10.8. The molecule has 3 N–H and O–H groups in total. The minimum absolute atomic E-state index is 0.147. The highest BCUT2D eigenvalue weighted by atomic mass is 35.5. The molecule has 11 nitrogen and oxygen atoms in total. The number of pyridine rings is 1. The summed E-state index contributed by atoms with van der Waals surface area (Å²) in [6, 6.07) is 19.9. The van der Waals surface area contributed by atoms with Gasteiger partial charge in [-0.2, -0.15) is 5.26 Å². The average Bonchev–Trinajstić information content (AvgIpc) is 3.17. The lowest BCUT2D eigenvalue weighted by Crippen LogP contribution is -2.48. The highest BCUT2D eigenvalue weighted by Crippen LogP contribution is 2.36. The number of nitriles is 1. The van der Waals surface area contributed by atoms with E-state index in [4.69, 9.17) is 21.1 Å². The fourth-order valence-corrected chi connectivity index (χ4v) is 7.83. The molecule has 2 heterocycles. The molecule has 0 bridgehead atoms. The predicted molar refractivity (Wildman–Crippen MR) is 211 cm³/mol. The third-order valence-electron chi connectivity index (χ3n) is 10.1. The quantitative estimate of drug-likeness (QED) is 0.133. The van der Waals surface area contributed by atoms with Crippen molar-refractivity contribution in [3.05, 3.63) is 111 Å². The molecular weight excluding hydrogens is 726 g/mol. The molecule has 1 aromatic heterocycles. The first-order valence-corrected chi connectivity index (χ1v) is 20.2. The number of rotatable bonds is 17. The summed E-state index contributed by atoms with van der Waals surface area (Å²) in [4.78, 5) is 8.64. The van der Waals surface area contributed by atoms with Gasteiger partial charge in [0.2, 0.25) is 0 Å². The Hall–Kier alpha value is -4.06. The van der Waals surface area contributed by atoms with Crippen molar-refractivity contribution in [2.24, 2.45) is 0 Å². The lowest BCUT2D eigenvalue weighted by atomic mass is 9.91. The predicted octanol–water partition coefficient (Wildman–Crippen LogP) is 5.04. The largest absolute Gasteiger partial charge is 0.488 e. The molecule has 54 heavy (non-hydrogen) atoms. The van der Waals surface area contributed by atoms with Crippen molar-refractivity contribution in [3.8, 4) is 28.7 Å². The van der Waals surface area contributed by atoms with Gasteiger partial charge in [-0.05, 0) is 73.3 Å². The van der Waals surface area contributed by atoms with Crippen LogP contribution in [0.3, 0.4) is 0 Å². The summed E-state index contributed by atoms with van der Waals surface area (Å²) in [5.74, 6) is 1.41. The van der Waals surface area contributed by atoms with Crippen LogP contribution in [0.4, 0.5) is 0 Å². The van der Waals surface area contributed by atoms with E-state index in [1.165, 1.54) is 17.3 Å². The smallest absolute Gasteiger partial charge is 0.152 e. The molecule has 3 aromatic carbocycles. The van der Waals surface area contributed by atoms with Gasteiger partial charge in [0.05, 0.1) is 40.8 Å². The molecule has 1 saturated heterocycles. The number of aromatic nitrogens is 1. The molecule has 0 unspecified atom stereocenters. The summed E-state index contributed by atoms with van der Waals surface area (Å²) in [6.07, 6.45) is 3.13. The highest BCUT2D eigenvalue weighted by molar-refractivity contribution is 7.91. The molecule has 288 valence electrons. The molecule has 0 amide bonds. The summed E-state index contributed by atoms with van der Waals surface area (Å²) >= 11 is 6.78. The molecule has 0 aliphatic carbocycles. The summed E-state index contributed by atoms with van der Waals surface area (Å²) in [5, 5.41) is 32.5. The van der Waals surface area contributed by atoms with Crippen molar-refractivity contribution in [3.63, 3.8) is 0 Å². The Labute approximate surface area is 324 Å². The number of nitrogens with zero attached hydrogens (tertiary/aromatic N) is 4. The number of halogens is 1. The minimum atomic E-state index is -2.89. The molecule has 13 heteroatoms. The van der Waals surface area contributed by atoms with Crippen LogP contribution in [0, 0.1) is 25.2 Å². The fourth-order valence-electron chi connectivity index (χ4n) is 6.31. The zero-order valence-corrected chi connectivity index (χ0v) is 33.0. The normalized spacial score (nSPS) is 14.6. The van der Waals surface area contributed by atoms with E-state index in [0.29, 0.717) is 40.7 Å². The van der Waals surface area contributed by atoms with E-state index in [-0.39, 0.29) is 44.5 Å². The van der Waals surface area contributed by atoms with Crippen LogP contribution in [0.2, 0.25) is 5.02 Å². The van der Waals surface area contributed by atoms with Crippen LogP contribution in [0.25, 0.3) is 11.1 Å². The zero-order chi connectivity index (χ0) is 38.9. The first-order valence-electron chi connectivity index (χ1n) is 18.0. The van der Waals surface area contributed by atoms with Crippen molar-refractivity contribution >= 4 is 21.4 Å². The van der Waals surface area contributed by atoms with Crippen LogP contribution < -0.4 is 14.8 Å². The van der Waals surface area contributed by atoms with E-state index >= 15 is 0 Å². The molecule has 1 aliphatic rings. The molecule has 4 aromatic rings. The Morgan fingerprint density at radius 3 is 2.26 bits per heavy atom. The summed E-state index contributed by atoms with van der Waals surface area (Å²) < 4.78 is 36.2. The van der Waals surface area contributed by atoms with Crippen molar-refractivity contribution in [2.75, 3.05) is 57.9 Å². The van der Waals surface area contributed by atoms with Crippen LogP contribution in [0.1, 0.15) is 45.9 Å². The Balaban J connectivity index is 1.31. The highest BCUT2D eigenvalue weighted by Gasteiger charge is 2.24. The van der Waals surface area contributed by atoms with E-state index < -0.39 is 15.4 Å². The van der Waals surface area contributed by atoms with Crippen molar-refractivity contribution in [2.45, 2.75) is 52.6 Å². The second kappa shape index (κ2) is 18.5. The molecular formula is C41H50ClN5O6S. The zero-order valence-electron chi connectivity index (χ0n) is 31.4. The van der Waals surface area contributed by atoms with Crippen LogP contribution in [0.15, 0.2) is 67.0 Å². The van der Waals surface area contributed by atoms with Crippen LogP contribution in [-0.2, 0) is 36.1 Å². The van der Waals surface area contributed by atoms with E-state index in [1.807, 2.05) is 12.1 Å². The number of hydrogen-bond donors (Lipinski definition) is 3. The molecule has 1 aliphatic heterocycles. The van der Waals surface area contributed by atoms with Crippen LogP contribution in [-0.4, -0.2) is 96.9 Å². The second-order valence-electron chi connectivity index (χ2n) is 14.3. The number of likely N-dealkylation sites (N-methyl/N-ethyl adjacent to an activating group) is 1. The maximum absolute atomic E-state index is 11.8. The standard InChI is InChI=1S/C41H50ClN5O6S/c1-29-33(24-46(4)11-12-47-13-15-54(50,51)16-14-47)7-5-9-36(29)37-10-6-8-34(30(37)2)26-53-40-19-39(52-25-32-17-31(20-43)21-44-22-32)35(18-38(40)42)23-45-41(3,27-48)28-49/h5-10,17-19,21-22,45,48-49H,11-16,23-28H2,1-4H3. The Morgan fingerprint density at radius 2 is 1.59 bits per heavy atom. The molecule has 5 rings (SSSR count). The van der Waals surface area contributed by atoms with Gasteiger partial charge in [0, 0.05) is 68.9 Å². The number of sulfone groups is 1. The number of aliphatic hydroxyl groups is 2. The van der Waals surface area contributed by atoms with E-state index in [9.17, 15) is 23.9 Å². The topological polar surface area (TPSA) is 148 Å². The molecule has 0 spiro atoms. The third-order valence-corrected chi connectivity index (χ3v) is 12.0. The molecule has 0 radical (unpaired) electrons. The maximum Gasteiger partial charge on any atom is 0.152 e. The molecule has 0 saturated carbocycles. The van der Waals surface area contributed by atoms with Crippen molar-refractivity contribution < 1.29 is 28.1 Å². The second-order valence-corrected chi connectivity index (χ2v) is 17.0. The SMILES string of the molecule is Cc1c(COc2cc(OCc3cncc(C#N)c3)c(CNC(C)(CO)CO)cc2Cl)cccc1-c1cccc(CN(C)CCN2CCS(=O)(=O)CC2)c1C. The maximum atomic E-state index is 11.8. The molecule has 1 fully saturated rings. The monoisotopic (exact) mass is 775 g/mol. The molecule has 0 atom stereocenters. The van der Waals surface area contributed by atoms with Gasteiger partial charge in [0.25, 0.3) is 0 Å². The lowest BCUT2D eigenvalue weighted by Gasteiger charge is -2.28. The Bertz CT molecular complexity index is 2050. The summed E-state index contributed by atoms with van der Waals surface area (Å²) in [7, 11) is -0.786. The van der Waals surface area contributed by atoms with Crippen molar-refractivity contribution in [1.29, 1.82) is 5.26 Å². The first-order chi connectivity index (χ1) is 25.8. The van der Waals surface area contributed by atoms with Crippen LogP contribution >= 0.6 is 11.6 Å². The van der Waals surface area contributed by atoms with Gasteiger partial charge < -0.3 is 34.8 Å². The van der Waals surface area contributed by atoms with Gasteiger partial charge in [0.15, 0.2) is 9.84 Å². The van der Waals surface area contributed by atoms with Gasteiger partial charge in [-0.1, -0.05) is 48.0 Å². The van der Waals surface area contributed by atoms with Gasteiger partial charge in [-0.15, -0.1) is 0 Å². The summed E-state index contributed by atoms with van der Waals surface area (Å²) in [5.41, 5.74) is 7.74. The van der Waals surface area contributed by atoms with E-state index in [0.717, 1.165) is 47.5 Å². The van der Waals surface area contributed by atoms with Crippen molar-refractivity contribution in [1.82, 2.24) is 20.1 Å². The van der Waals surface area contributed by atoms with E-state index in [2.05, 4.69) is 71.3 Å². The number of ether oxygens (including phenoxy) is 2. The van der Waals surface area contributed by atoms with Gasteiger partial charge in [-0.3, -0.25) is 4.98 Å². The Morgan fingerprint density at radius 1 is 0.944 bits per heavy atom. The average molecular weight is 776 g/mol. The van der Waals surface area contributed by atoms with Gasteiger partial charge >= 0.3 is 0 Å². The summed E-state index contributed by atoms with van der Waals surface area (Å²) in [6.45, 7) is 9.76. The minimum Gasteiger partial charge on any atom is -0.488 e. The first kappa shape index (κ1) is 41.1. The van der Waals surface area contributed by atoms with Gasteiger partial charge in [-0.25, -0.2) is 8.42 Å².